The van der Waals surface area contributed by atoms with E-state index in [9.17, 15) is 18.4 Å². The molecule has 2 bridgehead atoms. The van der Waals surface area contributed by atoms with E-state index in [1.165, 1.54) is 18.2 Å². The van der Waals surface area contributed by atoms with Gasteiger partial charge in [0.05, 0.1) is 30.2 Å². The van der Waals surface area contributed by atoms with E-state index in [-0.39, 0.29) is 29.1 Å². The Morgan fingerprint density at radius 3 is 2.59 bits per heavy atom. The number of methoxy groups -OCH3 is 1. The highest BCUT2D eigenvalue weighted by Gasteiger charge is 2.42. The van der Waals surface area contributed by atoms with Gasteiger partial charge in [-0.2, -0.15) is 0 Å². The molecule has 5 aromatic rings. The van der Waals surface area contributed by atoms with Gasteiger partial charge in [-0.05, 0) is 75.8 Å². The van der Waals surface area contributed by atoms with E-state index in [4.69, 9.17) is 20.4 Å². The van der Waals surface area contributed by atoms with Gasteiger partial charge in [0, 0.05) is 52.5 Å². The number of alkyl halides is 2. The van der Waals surface area contributed by atoms with E-state index in [0.29, 0.717) is 28.7 Å². The van der Waals surface area contributed by atoms with Crippen LogP contribution in [0.15, 0.2) is 66.4 Å². The summed E-state index contributed by atoms with van der Waals surface area (Å²) in [5.41, 5.74) is 11.7. The minimum absolute atomic E-state index is 0.0547. The molecule has 12 heteroatoms. The molecule has 0 spiro atoms. The number of rotatable bonds is 9. The molecule has 3 atom stereocenters. The fraction of sp³-hybridized carbons (Fsp3) is 0.351. The number of pyridine rings is 2. The summed E-state index contributed by atoms with van der Waals surface area (Å²) < 4.78 is 37.1. The Hall–Kier alpha value is -5.10. The third-order valence-corrected chi connectivity index (χ3v) is 10.1. The van der Waals surface area contributed by atoms with Crippen molar-refractivity contribution in [1.29, 1.82) is 0 Å². The van der Waals surface area contributed by atoms with Crippen molar-refractivity contribution in [1.82, 2.24) is 29.2 Å². The fourth-order valence-corrected chi connectivity index (χ4v) is 7.40. The number of carbonyl (C=O) groups is 2. The second kappa shape index (κ2) is 11.8. The lowest BCUT2D eigenvalue weighted by Gasteiger charge is -2.20. The molecule has 2 amide bonds. The van der Waals surface area contributed by atoms with E-state index < -0.39 is 18.4 Å². The predicted molar refractivity (Wildman–Crippen MR) is 180 cm³/mol. The number of halogens is 2. The van der Waals surface area contributed by atoms with E-state index in [2.05, 4.69) is 22.0 Å². The lowest BCUT2D eigenvalue weighted by atomic mass is 10.0. The van der Waals surface area contributed by atoms with Crippen LogP contribution in [0.3, 0.4) is 0 Å². The summed E-state index contributed by atoms with van der Waals surface area (Å²) in [5, 5.41) is 3.77. The molecule has 0 unspecified atom stereocenters. The zero-order valence-electron chi connectivity index (χ0n) is 27.5. The summed E-state index contributed by atoms with van der Waals surface area (Å²) in [5.74, 6) is 0.326. The first-order valence-corrected chi connectivity index (χ1v) is 16.7. The number of hydrogen-bond donors (Lipinski definition) is 2. The molecule has 3 aliphatic rings. The van der Waals surface area contributed by atoms with Crippen LogP contribution in [0, 0.1) is 12.8 Å². The first-order valence-electron chi connectivity index (χ1n) is 16.7. The summed E-state index contributed by atoms with van der Waals surface area (Å²) >= 11 is 0. The molecule has 2 fully saturated rings. The molecule has 4 aromatic heterocycles. The molecule has 0 radical (unpaired) electrons. The molecule has 1 saturated carbocycles. The number of benzene rings is 1. The van der Waals surface area contributed by atoms with Crippen molar-refractivity contribution in [3.8, 4) is 17.3 Å². The third kappa shape index (κ3) is 5.25. The zero-order chi connectivity index (χ0) is 34.1. The van der Waals surface area contributed by atoms with Crippen molar-refractivity contribution in [2.24, 2.45) is 11.7 Å². The standard InChI is InChI=1S/C37H37F2N7O3/c1-19(41-36(47)26-7-5-4-6-25(26)34(38)39)28-12-10-22-14-30(44(35(22)42-28)18-21-8-9-21)33-20(2)45-31(43-33)15-23(16-32(45)49-3)37(48)46-24-11-13-29(46)27(40)17-24/h4-7,10,12-16,19,21,24,27,34H,8-9,11,17-18,40H2,1-3H3,(H,41,47)/t19-,24+,27-/m1/s1. The number of nitrogens with zero attached hydrogens (tertiary/aromatic N) is 5. The lowest BCUT2D eigenvalue weighted by molar-refractivity contribution is 0.0792. The number of fused-ring (bicyclic) bond motifs is 4. The Kier molecular flexibility index (Phi) is 7.51. The molecule has 1 aliphatic carbocycles. The van der Waals surface area contributed by atoms with Gasteiger partial charge < -0.3 is 25.3 Å². The summed E-state index contributed by atoms with van der Waals surface area (Å²) in [7, 11) is 1.59. The molecule has 10 nitrogen and oxygen atoms in total. The summed E-state index contributed by atoms with van der Waals surface area (Å²) in [6, 6.07) is 14.6. The van der Waals surface area contributed by atoms with Gasteiger partial charge in [0.1, 0.15) is 17.0 Å². The van der Waals surface area contributed by atoms with Gasteiger partial charge >= 0.3 is 0 Å². The molecule has 252 valence electrons. The predicted octanol–water partition coefficient (Wildman–Crippen LogP) is 6.34. The maximum atomic E-state index is 13.8. The fourth-order valence-electron chi connectivity index (χ4n) is 7.40. The van der Waals surface area contributed by atoms with Gasteiger partial charge in [-0.1, -0.05) is 24.3 Å². The SMILES string of the molecule is COc1cc(C(=O)N2C3=CC[C@H]2C[C@H]3N)cc2nc(-c3cc4ccc([C@@H](C)NC(=O)c5ccccc5C(F)F)nc4n3CC3CC3)c(C)n12. The summed E-state index contributed by atoms with van der Waals surface area (Å²) in [4.78, 5) is 38.7. The monoisotopic (exact) mass is 665 g/mol. The van der Waals surface area contributed by atoms with Crippen molar-refractivity contribution < 1.29 is 23.1 Å². The number of aromatic nitrogens is 4. The number of imidazole rings is 1. The number of nitrogens with one attached hydrogen (secondary N) is 1. The first-order chi connectivity index (χ1) is 23.6. The summed E-state index contributed by atoms with van der Waals surface area (Å²) in [6.07, 6.45) is 3.13. The number of nitrogens with two attached hydrogens (primary N) is 1. The lowest BCUT2D eigenvalue weighted by Crippen LogP contribution is -2.31. The highest BCUT2D eigenvalue weighted by Crippen LogP contribution is 2.39. The maximum Gasteiger partial charge on any atom is 0.264 e. The molecule has 1 saturated heterocycles. The topological polar surface area (TPSA) is 120 Å². The average molecular weight is 666 g/mol. The van der Waals surface area contributed by atoms with Gasteiger partial charge in [-0.15, -0.1) is 0 Å². The first kappa shape index (κ1) is 31.2. The van der Waals surface area contributed by atoms with Crippen molar-refractivity contribution in [2.75, 3.05) is 7.11 Å². The van der Waals surface area contributed by atoms with Crippen LogP contribution in [-0.2, 0) is 6.54 Å². The normalized spacial score (nSPS) is 19.2. The highest BCUT2D eigenvalue weighted by atomic mass is 19.3. The molecule has 6 heterocycles. The molecular weight excluding hydrogens is 628 g/mol. The molecule has 1 aromatic carbocycles. The van der Waals surface area contributed by atoms with Crippen LogP contribution >= 0.6 is 0 Å². The van der Waals surface area contributed by atoms with Gasteiger partial charge in [0.25, 0.3) is 18.2 Å². The van der Waals surface area contributed by atoms with Crippen molar-refractivity contribution >= 4 is 28.5 Å². The number of ether oxygens (including phenoxy) is 1. The Balaban J connectivity index is 1.16. The average Bonchev–Trinajstić information content (AvgIpc) is 3.42. The largest absolute Gasteiger partial charge is 0.482 e. The van der Waals surface area contributed by atoms with Crippen LogP contribution in [-0.4, -0.2) is 54.8 Å². The van der Waals surface area contributed by atoms with Crippen LogP contribution < -0.4 is 15.8 Å². The molecule has 2 aliphatic heterocycles. The Labute approximate surface area is 281 Å². The molecule has 3 N–H and O–H groups in total. The van der Waals surface area contributed by atoms with Crippen LogP contribution in [0.2, 0.25) is 0 Å². The number of aryl methyl sites for hydroxylation is 1. The number of amides is 2. The Morgan fingerprint density at radius 1 is 1.10 bits per heavy atom. The third-order valence-electron chi connectivity index (χ3n) is 10.1. The van der Waals surface area contributed by atoms with Gasteiger partial charge in [0.2, 0.25) is 0 Å². The van der Waals surface area contributed by atoms with Crippen LogP contribution in [0.5, 0.6) is 5.88 Å². The highest BCUT2D eigenvalue weighted by molar-refractivity contribution is 5.98. The van der Waals surface area contributed by atoms with Crippen molar-refractivity contribution in [3.63, 3.8) is 0 Å². The van der Waals surface area contributed by atoms with Crippen LogP contribution in [0.1, 0.15) is 82.7 Å². The van der Waals surface area contributed by atoms with Crippen molar-refractivity contribution in [3.05, 3.63) is 94.4 Å². The number of carbonyl (C=O) groups excluding carboxylic acids is 2. The maximum absolute atomic E-state index is 13.8. The number of hydrogen-bond acceptors (Lipinski definition) is 6. The van der Waals surface area contributed by atoms with E-state index in [1.807, 2.05) is 34.4 Å². The Bertz CT molecular complexity index is 2180. The second-order valence-electron chi connectivity index (χ2n) is 13.4. The zero-order valence-corrected chi connectivity index (χ0v) is 27.5. The second-order valence-corrected chi connectivity index (χ2v) is 13.4. The van der Waals surface area contributed by atoms with Gasteiger partial charge in [-0.3, -0.25) is 14.0 Å². The molecular formula is C37H37F2N7O3. The van der Waals surface area contributed by atoms with Crippen molar-refractivity contribution in [2.45, 2.75) is 70.6 Å². The van der Waals surface area contributed by atoms with Crippen LogP contribution in [0.25, 0.3) is 28.1 Å². The minimum Gasteiger partial charge on any atom is -0.482 e. The van der Waals surface area contributed by atoms with Gasteiger partial charge in [-0.25, -0.2) is 18.7 Å². The summed E-state index contributed by atoms with van der Waals surface area (Å²) in [6.45, 7) is 4.52. The van der Waals surface area contributed by atoms with E-state index in [0.717, 1.165) is 66.0 Å². The van der Waals surface area contributed by atoms with Crippen LogP contribution in [0.4, 0.5) is 8.78 Å². The molecule has 8 rings (SSSR count). The van der Waals surface area contributed by atoms with E-state index >= 15 is 0 Å². The minimum atomic E-state index is -2.76. The van der Waals surface area contributed by atoms with E-state index in [1.54, 1.807) is 26.2 Å². The smallest absolute Gasteiger partial charge is 0.264 e. The quantitative estimate of drug-likeness (QED) is 0.190. The Morgan fingerprint density at radius 2 is 1.90 bits per heavy atom. The molecule has 49 heavy (non-hydrogen) atoms. The van der Waals surface area contributed by atoms with Gasteiger partial charge in [0.15, 0.2) is 5.88 Å².